The molecule has 0 aromatic heterocycles. The molecule has 1 amide bonds. The molecule has 0 unspecified atom stereocenters. The maximum atomic E-state index is 12.8. The van der Waals surface area contributed by atoms with Crippen molar-refractivity contribution in [2.24, 2.45) is 0 Å². The number of ether oxygens (including phenoxy) is 1. The molecule has 0 saturated carbocycles. The van der Waals surface area contributed by atoms with Crippen molar-refractivity contribution in [2.75, 3.05) is 18.9 Å². The summed E-state index contributed by atoms with van der Waals surface area (Å²) < 4.78 is 55.3. The summed E-state index contributed by atoms with van der Waals surface area (Å²) in [4.78, 5) is 12.4. The summed E-state index contributed by atoms with van der Waals surface area (Å²) >= 11 is 1.27. The van der Waals surface area contributed by atoms with Crippen molar-refractivity contribution in [3.8, 4) is 5.75 Å². The van der Waals surface area contributed by atoms with Crippen LogP contribution in [0.2, 0.25) is 0 Å². The summed E-state index contributed by atoms with van der Waals surface area (Å²) in [5.74, 6) is -0.0890. The van der Waals surface area contributed by atoms with Gasteiger partial charge in [0.2, 0.25) is 5.91 Å². The SMILES string of the molecule is O=C(CSc1ccc(F)cc1)NCCOc1ccc(C(F)(F)F)cc1. The van der Waals surface area contributed by atoms with Crippen LogP contribution in [0.1, 0.15) is 5.56 Å². The lowest BCUT2D eigenvalue weighted by Gasteiger charge is -2.10. The molecule has 2 aromatic carbocycles. The molecule has 2 aromatic rings. The summed E-state index contributed by atoms with van der Waals surface area (Å²) in [7, 11) is 0. The van der Waals surface area contributed by atoms with Crippen LogP contribution >= 0.6 is 11.8 Å². The fraction of sp³-hybridized carbons (Fsp3) is 0.235. The van der Waals surface area contributed by atoms with Gasteiger partial charge in [0.1, 0.15) is 18.2 Å². The molecule has 0 spiro atoms. The van der Waals surface area contributed by atoms with Gasteiger partial charge in [0.15, 0.2) is 0 Å². The van der Waals surface area contributed by atoms with Gasteiger partial charge in [-0.1, -0.05) is 0 Å². The van der Waals surface area contributed by atoms with E-state index in [2.05, 4.69) is 5.32 Å². The van der Waals surface area contributed by atoms with Gasteiger partial charge in [-0.15, -0.1) is 11.8 Å². The third-order valence-electron chi connectivity index (χ3n) is 3.06. The van der Waals surface area contributed by atoms with E-state index >= 15 is 0 Å². The zero-order chi connectivity index (χ0) is 18.3. The zero-order valence-corrected chi connectivity index (χ0v) is 13.8. The Morgan fingerprint density at radius 2 is 1.68 bits per heavy atom. The largest absolute Gasteiger partial charge is 0.492 e. The molecule has 25 heavy (non-hydrogen) atoms. The summed E-state index contributed by atoms with van der Waals surface area (Å²) in [6.07, 6.45) is -4.38. The van der Waals surface area contributed by atoms with Gasteiger partial charge >= 0.3 is 6.18 Å². The van der Waals surface area contributed by atoms with Gasteiger partial charge in [0, 0.05) is 4.90 Å². The van der Waals surface area contributed by atoms with E-state index in [0.29, 0.717) is 5.75 Å². The van der Waals surface area contributed by atoms with Crippen molar-refractivity contribution in [3.63, 3.8) is 0 Å². The first-order chi connectivity index (χ1) is 11.8. The highest BCUT2D eigenvalue weighted by atomic mass is 32.2. The minimum atomic E-state index is -4.38. The van der Waals surface area contributed by atoms with Gasteiger partial charge in [-0.2, -0.15) is 13.2 Å². The Hall–Kier alpha value is -2.22. The molecule has 0 aliphatic carbocycles. The Bertz CT molecular complexity index is 687. The number of alkyl halides is 3. The average molecular weight is 373 g/mol. The first-order valence-corrected chi connectivity index (χ1v) is 8.28. The zero-order valence-electron chi connectivity index (χ0n) is 13.0. The summed E-state index contributed by atoms with van der Waals surface area (Å²) in [5, 5.41) is 2.63. The molecule has 8 heteroatoms. The standard InChI is InChI=1S/C17H15F4NO2S/c18-13-3-7-15(8-4-13)25-11-16(23)22-9-10-24-14-5-1-12(2-6-14)17(19,20)21/h1-8H,9-11H2,(H,22,23). The lowest BCUT2D eigenvalue weighted by molar-refractivity contribution is -0.137. The van der Waals surface area contributed by atoms with Crippen LogP contribution in [0.5, 0.6) is 5.75 Å². The second-order valence-corrected chi connectivity index (χ2v) is 6.01. The second kappa shape index (κ2) is 8.75. The predicted molar refractivity (Wildman–Crippen MR) is 87.1 cm³/mol. The molecule has 0 bridgehead atoms. The van der Waals surface area contributed by atoms with Crippen LogP contribution in [-0.2, 0) is 11.0 Å². The number of amides is 1. The number of thioether (sulfide) groups is 1. The van der Waals surface area contributed by atoms with Crippen molar-refractivity contribution in [1.29, 1.82) is 0 Å². The number of rotatable bonds is 7. The smallest absolute Gasteiger partial charge is 0.416 e. The van der Waals surface area contributed by atoms with E-state index in [4.69, 9.17) is 4.74 Å². The highest BCUT2D eigenvalue weighted by molar-refractivity contribution is 8.00. The van der Waals surface area contributed by atoms with Crippen LogP contribution in [0.25, 0.3) is 0 Å². The van der Waals surface area contributed by atoms with Crippen molar-refractivity contribution in [2.45, 2.75) is 11.1 Å². The maximum Gasteiger partial charge on any atom is 0.416 e. The molecule has 0 aliphatic rings. The minimum Gasteiger partial charge on any atom is -0.492 e. The van der Waals surface area contributed by atoms with Crippen molar-refractivity contribution < 1.29 is 27.1 Å². The number of hydrogen-bond donors (Lipinski definition) is 1. The van der Waals surface area contributed by atoms with E-state index in [9.17, 15) is 22.4 Å². The van der Waals surface area contributed by atoms with Crippen LogP contribution < -0.4 is 10.1 Å². The molecule has 0 saturated heterocycles. The Balaban J connectivity index is 1.65. The number of benzene rings is 2. The molecule has 0 heterocycles. The Morgan fingerprint density at radius 3 is 2.28 bits per heavy atom. The highest BCUT2D eigenvalue weighted by Gasteiger charge is 2.29. The second-order valence-electron chi connectivity index (χ2n) is 4.96. The number of halogens is 4. The topological polar surface area (TPSA) is 38.3 Å². The number of carbonyl (C=O) groups is 1. The van der Waals surface area contributed by atoms with Gasteiger partial charge in [-0.25, -0.2) is 4.39 Å². The number of nitrogens with one attached hydrogen (secondary N) is 1. The summed E-state index contributed by atoms with van der Waals surface area (Å²) in [5.41, 5.74) is -0.744. The Kier molecular flexibility index (Phi) is 6.69. The molecular formula is C17H15F4NO2S. The Morgan fingerprint density at radius 1 is 1.04 bits per heavy atom. The summed E-state index contributed by atoms with van der Waals surface area (Å²) in [6, 6.07) is 10.1. The molecule has 134 valence electrons. The molecule has 0 radical (unpaired) electrons. The van der Waals surface area contributed by atoms with Gasteiger partial charge in [0.05, 0.1) is 17.9 Å². The van der Waals surface area contributed by atoms with E-state index in [-0.39, 0.29) is 30.6 Å². The molecule has 0 atom stereocenters. The number of hydrogen-bond acceptors (Lipinski definition) is 3. The van der Waals surface area contributed by atoms with Crippen LogP contribution in [0.4, 0.5) is 17.6 Å². The van der Waals surface area contributed by atoms with E-state index in [1.165, 1.54) is 36.0 Å². The quantitative estimate of drug-likeness (QED) is 0.451. The molecule has 0 fully saturated rings. The molecule has 1 N–H and O–H groups in total. The van der Waals surface area contributed by atoms with E-state index in [0.717, 1.165) is 17.0 Å². The fourth-order valence-corrected chi connectivity index (χ4v) is 2.56. The van der Waals surface area contributed by atoms with Crippen LogP contribution in [0.3, 0.4) is 0 Å². The van der Waals surface area contributed by atoms with Crippen LogP contribution in [0, 0.1) is 5.82 Å². The monoisotopic (exact) mass is 373 g/mol. The van der Waals surface area contributed by atoms with Crippen LogP contribution in [-0.4, -0.2) is 24.8 Å². The van der Waals surface area contributed by atoms with Crippen molar-refractivity contribution in [1.82, 2.24) is 5.32 Å². The lowest BCUT2D eigenvalue weighted by atomic mass is 10.2. The van der Waals surface area contributed by atoms with Crippen LogP contribution in [0.15, 0.2) is 53.4 Å². The predicted octanol–water partition coefficient (Wildman–Crippen LogP) is 4.13. The van der Waals surface area contributed by atoms with Gasteiger partial charge in [-0.05, 0) is 48.5 Å². The summed E-state index contributed by atoms with van der Waals surface area (Å²) in [6.45, 7) is 0.363. The van der Waals surface area contributed by atoms with Gasteiger partial charge in [0.25, 0.3) is 0 Å². The van der Waals surface area contributed by atoms with Crippen molar-refractivity contribution in [3.05, 3.63) is 59.9 Å². The third kappa shape index (κ3) is 6.66. The minimum absolute atomic E-state index is 0.137. The molecule has 3 nitrogen and oxygen atoms in total. The first-order valence-electron chi connectivity index (χ1n) is 7.30. The third-order valence-corrected chi connectivity index (χ3v) is 4.07. The number of carbonyl (C=O) groups excluding carboxylic acids is 1. The molecule has 0 aliphatic heterocycles. The van der Waals surface area contributed by atoms with Gasteiger partial charge in [-0.3, -0.25) is 4.79 Å². The normalized spacial score (nSPS) is 11.2. The van der Waals surface area contributed by atoms with E-state index in [1.807, 2.05) is 0 Å². The highest BCUT2D eigenvalue weighted by Crippen LogP contribution is 2.30. The van der Waals surface area contributed by atoms with E-state index in [1.54, 1.807) is 12.1 Å². The molecular weight excluding hydrogens is 358 g/mol. The maximum absolute atomic E-state index is 12.8. The van der Waals surface area contributed by atoms with Gasteiger partial charge < -0.3 is 10.1 Å². The Labute approximate surface area is 146 Å². The first kappa shape index (κ1) is 19.1. The molecule has 2 rings (SSSR count). The lowest BCUT2D eigenvalue weighted by Crippen LogP contribution is -2.29. The van der Waals surface area contributed by atoms with Crippen molar-refractivity contribution >= 4 is 17.7 Å². The van der Waals surface area contributed by atoms with E-state index < -0.39 is 11.7 Å². The fourth-order valence-electron chi connectivity index (χ4n) is 1.83. The average Bonchev–Trinajstić information content (AvgIpc) is 2.58.